The molecule has 114 valence electrons. The monoisotopic (exact) mass is 298 g/mol. The molecular formula is C15H17F3N2O. The number of halogens is 3. The summed E-state index contributed by atoms with van der Waals surface area (Å²) in [6.07, 6.45) is -1.95. The van der Waals surface area contributed by atoms with Crippen LogP contribution in [0, 0.1) is 11.2 Å². The standard InChI is InChI=1S/C15H17F3N2O/c1-2-15(13(17)18)9-19-7-6-12(20(19)14(15)21)10-4-3-5-11(16)8-10/h3-5,8,12-13H,2,6-7,9H2,1H3/t12-,15-/m0/s1. The first-order valence-electron chi connectivity index (χ1n) is 7.11. The molecule has 0 saturated carbocycles. The van der Waals surface area contributed by atoms with Crippen molar-refractivity contribution in [3.8, 4) is 0 Å². The van der Waals surface area contributed by atoms with Crippen LogP contribution >= 0.6 is 0 Å². The zero-order chi connectivity index (χ0) is 15.2. The van der Waals surface area contributed by atoms with Gasteiger partial charge in [-0.1, -0.05) is 19.1 Å². The van der Waals surface area contributed by atoms with E-state index in [4.69, 9.17) is 0 Å². The summed E-state index contributed by atoms with van der Waals surface area (Å²) in [4.78, 5) is 12.6. The molecule has 0 aliphatic carbocycles. The number of alkyl halides is 2. The van der Waals surface area contributed by atoms with Gasteiger partial charge in [-0.05, 0) is 30.5 Å². The van der Waals surface area contributed by atoms with Gasteiger partial charge in [-0.3, -0.25) is 9.80 Å². The van der Waals surface area contributed by atoms with Gasteiger partial charge in [-0.25, -0.2) is 18.2 Å². The number of carbonyl (C=O) groups excluding carboxylic acids is 1. The molecule has 3 rings (SSSR count). The molecule has 2 heterocycles. The fourth-order valence-corrected chi connectivity index (χ4v) is 3.35. The van der Waals surface area contributed by atoms with Crippen molar-refractivity contribution in [3.05, 3.63) is 35.6 Å². The number of nitrogens with zero attached hydrogens (tertiary/aromatic N) is 2. The molecule has 0 spiro atoms. The number of rotatable bonds is 3. The van der Waals surface area contributed by atoms with Crippen LogP contribution in [-0.2, 0) is 4.79 Å². The van der Waals surface area contributed by atoms with E-state index in [1.807, 2.05) is 0 Å². The van der Waals surface area contributed by atoms with E-state index in [0.29, 0.717) is 18.5 Å². The maximum atomic E-state index is 13.4. The van der Waals surface area contributed by atoms with Gasteiger partial charge in [0.2, 0.25) is 0 Å². The second-order valence-electron chi connectivity index (χ2n) is 5.71. The van der Waals surface area contributed by atoms with Gasteiger partial charge >= 0.3 is 0 Å². The number of fused-ring (bicyclic) bond motifs is 1. The van der Waals surface area contributed by atoms with Crippen molar-refractivity contribution in [2.45, 2.75) is 32.2 Å². The first-order valence-corrected chi connectivity index (χ1v) is 7.11. The Labute approximate surface area is 121 Å². The maximum Gasteiger partial charge on any atom is 0.254 e. The average molecular weight is 298 g/mol. The molecule has 2 saturated heterocycles. The molecule has 6 heteroatoms. The third kappa shape index (κ3) is 2.04. The molecular weight excluding hydrogens is 281 g/mol. The molecule has 0 unspecified atom stereocenters. The van der Waals surface area contributed by atoms with Crippen LogP contribution in [-0.4, -0.2) is 35.4 Å². The fourth-order valence-electron chi connectivity index (χ4n) is 3.35. The van der Waals surface area contributed by atoms with Crippen molar-refractivity contribution in [1.29, 1.82) is 0 Å². The SMILES string of the molecule is CC[C@@]1(C(F)F)CN2CC[C@@H](c3cccc(F)c3)N2C1=O. The Hall–Kier alpha value is -1.56. The summed E-state index contributed by atoms with van der Waals surface area (Å²) in [5.41, 5.74) is -0.960. The van der Waals surface area contributed by atoms with E-state index in [9.17, 15) is 18.0 Å². The number of hydrogen-bond donors (Lipinski definition) is 0. The molecule has 2 aliphatic rings. The van der Waals surface area contributed by atoms with Gasteiger partial charge in [0.1, 0.15) is 11.2 Å². The number of benzene rings is 1. The topological polar surface area (TPSA) is 23.6 Å². The van der Waals surface area contributed by atoms with Crippen LogP contribution in [0.25, 0.3) is 0 Å². The number of hydrazine groups is 1. The van der Waals surface area contributed by atoms with Crippen LogP contribution in [0.4, 0.5) is 13.2 Å². The number of amides is 1. The molecule has 2 fully saturated rings. The lowest BCUT2D eigenvalue weighted by molar-refractivity contribution is -0.148. The molecule has 1 amide bonds. The van der Waals surface area contributed by atoms with Gasteiger partial charge in [-0.15, -0.1) is 0 Å². The van der Waals surface area contributed by atoms with Crippen molar-refractivity contribution in [1.82, 2.24) is 10.0 Å². The quantitative estimate of drug-likeness (QED) is 0.856. The Kier molecular flexibility index (Phi) is 3.43. The summed E-state index contributed by atoms with van der Waals surface area (Å²) in [5.74, 6) is -0.917. The molecule has 0 radical (unpaired) electrons. The van der Waals surface area contributed by atoms with Crippen LogP contribution < -0.4 is 0 Å². The summed E-state index contributed by atoms with van der Waals surface area (Å²) < 4.78 is 40.2. The number of hydrogen-bond acceptors (Lipinski definition) is 2. The minimum absolute atomic E-state index is 0.0474. The average Bonchev–Trinajstić information content (AvgIpc) is 2.98. The second kappa shape index (κ2) is 5.02. The van der Waals surface area contributed by atoms with Crippen molar-refractivity contribution < 1.29 is 18.0 Å². The normalized spacial score (nSPS) is 29.5. The predicted octanol–water partition coefficient (Wildman–Crippen LogP) is 2.99. The molecule has 0 N–H and O–H groups in total. The van der Waals surface area contributed by atoms with Crippen molar-refractivity contribution in [3.63, 3.8) is 0 Å². The van der Waals surface area contributed by atoms with E-state index >= 15 is 0 Å². The first-order chi connectivity index (χ1) is 9.99. The van der Waals surface area contributed by atoms with Gasteiger partial charge in [0.25, 0.3) is 12.3 Å². The largest absolute Gasteiger partial charge is 0.272 e. The van der Waals surface area contributed by atoms with E-state index in [-0.39, 0.29) is 24.8 Å². The van der Waals surface area contributed by atoms with E-state index in [2.05, 4.69) is 0 Å². The molecule has 2 atom stereocenters. The molecule has 21 heavy (non-hydrogen) atoms. The minimum atomic E-state index is -2.69. The Morgan fingerprint density at radius 3 is 2.81 bits per heavy atom. The van der Waals surface area contributed by atoms with E-state index < -0.39 is 17.7 Å². The Morgan fingerprint density at radius 2 is 2.19 bits per heavy atom. The van der Waals surface area contributed by atoms with Gasteiger partial charge in [0, 0.05) is 13.1 Å². The second-order valence-corrected chi connectivity index (χ2v) is 5.71. The van der Waals surface area contributed by atoms with Gasteiger partial charge in [0.15, 0.2) is 0 Å². The highest BCUT2D eigenvalue weighted by Crippen LogP contribution is 2.46. The minimum Gasteiger partial charge on any atom is -0.272 e. The highest BCUT2D eigenvalue weighted by Gasteiger charge is 2.59. The molecule has 1 aromatic carbocycles. The maximum absolute atomic E-state index is 13.4. The van der Waals surface area contributed by atoms with E-state index in [1.54, 1.807) is 24.1 Å². The van der Waals surface area contributed by atoms with Gasteiger partial charge < -0.3 is 0 Å². The lowest BCUT2D eigenvalue weighted by Gasteiger charge is -2.27. The number of carbonyl (C=O) groups is 1. The van der Waals surface area contributed by atoms with Crippen molar-refractivity contribution >= 4 is 5.91 Å². The molecule has 0 bridgehead atoms. The summed E-state index contributed by atoms with van der Waals surface area (Å²) in [5, 5.41) is 3.11. The van der Waals surface area contributed by atoms with E-state index in [1.165, 1.54) is 17.1 Å². The molecule has 1 aromatic rings. The zero-order valence-electron chi connectivity index (χ0n) is 11.7. The Balaban J connectivity index is 1.94. The van der Waals surface area contributed by atoms with Crippen LogP contribution in [0.1, 0.15) is 31.4 Å². The third-order valence-electron chi connectivity index (χ3n) is 4.64. The van der Waals surface area contributed by atoms with Crippen LogP contribution in [0.3, 0.4) is 0 Å². The Bertz CT molecular complexity index is 566. The van der Waals surface area contributed by atoms with E-state index in [0.717, 1.165) is 0 Å². The summed E-state index contributed by atoms with van der Waals surface area (Å²) in [6.45, 7) is 2.21. The van der Waals surface area contributed by atoms with Crippen molar-refractivity contribution in [2.75, 3.05) is 13.1 Å². The lowest BCUT2D eigenvalue weighted by atomic mass is 9.84. The highest BCUT2D eigenvalue weighted by molar-refractivity contribution is 5.85. The molecule has 2 aliphatic heterocycles. The highest BCUT2D eigenvalue weighted by atomic mass is 19.3. The third-order valence-corrected chi connectivity index (χ3v) is 4.64. The lowest BCUT2D eigenvalue weighted by Crippen LogP contribution is -2.41. The van der Waals surface area contributed by atoms with Gasteiger partial charge in [0.05, 0.1) is 6.04 Å². The first kappa shape index (κ1) is 14.4. The van der Waals surface area contributed by atoms with Gasteiger partial charge in [-0.2, -0.15) is 0 Å². The summed E-state index contributed by atoms with van der Waals surface area (Å²) in [7, 11) is 0. The fraction of sp³-hybridized carbons (Fsp3) is 0.533. The van der Waals surface area contributed by atoms with Crippen molar-refractivity contribution in [2.24, 2.45) is 5.41 Å². The summed E-state index contributed by atoms with van der Waals surface area (Å²) in [6, 6.07) is 5.67. The molecule has 0 aromatic heterocycles. The van der Waals surface area contributed by atoms with Crippen LogP contribution in [0.2, 0.25) is 0 Å². The smallest absolute Gasteiger partial charge is 0.254 e. The zero-order valence-corrected chi connectivity index (χ0v) is 11.7. The van der Waals surface area contributed by atoms with Crippen LogP contribution in [0.5, 0.6) is 0 Å². The summed E-state index contributed by atoms with van der Waals surface area (Å²) >= 11 is 0. The molecule has 3 nitrogen and oxygen atoms in total. The Morgan fingerprint density at radius 1 is 1.43 bits per heavy atom. The predicted molar refractivity (Wildman–Crippen MR) is 70.9 cm³/mol. The van der Waals surface area contributed by atoms with Crippen LogP contribution in [0.15, 0.2) is 24.3 Å².